The van der Waals surface area contributed by atoms with Crippen LogP contribution in [0.5, 0.6) is 5.75 Å². The minimum atomic E-state index is -0.484. The summed E-state index contributed by atoms with van der Waals surface area (Å²) in [6, 6.07) is 8.51. The van der Waals surface area contributed by atoms with Gasteiger partial charge in [0.05, 0.1) is 0 Å². The van der Waals surface area contributed by atoms with Crippen LogP contribution in [-0.4, -0.2) is 30.4 Å². The van der Waals surface area contributed by atoms with Crippen molar-refractivity contribution in [2.75, 3.05) is 13.2 Å². The highest BCUT2D eigenvalue weighted by Crippen LogP contribution is 2.62. The summed E-state index contributed by atoms with van der Waals surface area (Å²) in [6.07, 6.45) is 0.509. The largest absolute Gasteiger partial charge is 0.491 e. The summed E-state index contributed by atoms with van der Waals surface area (Å²) >= 11 is 0. The summed E-state index contributed by atoms with van der Waals surface area (Å²) in [5.41, 5.74) is 1.84. The predicted molar refractivity (Wildman–Crippen MR) is 86.7 cm³/mol. The molecule has 0 aliphatic heterocycles. The van der Waals surface area contributed by atoms with Gasteiger partial charge in [0.2, 0.25) is 0 Å². The lowest BCUT2D eigenvalue weighted by atomic mass is 10.0. The molecule has 3 nitrogen and oxygen atoms in total. The standard InChI is InChI=1S/C18H29NO2/c1-6-13-8-7-9-15(10-13)21-12-14(20)11-19-16-17(2,3)18(16,4)5/h7-10,14,16,19-20H,6,11-12H2,1-5H3. The molecule has 118 valence electrons. The average Bonchev–Trinajstić information content (AvgIpc) is 2.84. The van der Waals surface area contributed by atoms with Crippen LogP contribution < -0.4 is 10.1 Å². The van der Waals surface area contributed by atoms with E-state index in [4.69, 9.17) is 4.74 Å². The first-order valence-electron chi connectivity index (χ1n) is 7.92. The van der Waals surface area contributed by atoms with Crippen molar-refractivity contribution in [3.05, 3.63) is 29.8 Å². The zero-order valence-electron chi connectivity index (χ0n) is 13.9. The molecule has 1 atom stereocenters. The van der Waals surface area contributed by atoms with Crippen molar-refractivity contribution in [1.82, 2.24) is 5.32 Å². The molecule has 1 aromatic rings. The molecular weight excluding hydrogens is 262 g/mol. The first-order chi connectivity index (χ1) is 9.79. The molecule has 3 heteroatoms. The summed E-state index contributed by atoms with van der Waals surface area (Å²) in [4.78, 5) is 0. The average molecular weight is 291 g/mol. The van der Waals surface area contributed by atoms with Crippen LogP contribution >= 0.6 is 0 Å². The van der Waals surface area contributed by atoms with E-state index < -0.39 is 6.10 Å². The molecule has 1 fully saturated rings. The molecule has 2 N–H and O–H groups in total. The molecule has 1 aromatic carbocycles. The molecule has 0 amide bonds. The molecule has 21 heavy (non-hydrogen) atoms. The number of aliphatic hydroxyl groups excluding tert-OH is 1. The molecule has 1 aliphatic rings. The highest BCUT2D eigenvalue weighted by molar-refractivity contribution is 5.28. The van der Waals surface area contributed by atoms with Gasteiger partial charge in [0.1, 0.15) is 18.5 Å². The second-order valence-corrected chi connectivity index (χ2v) is 7.25. The Morgan fingerprint density at radius 2 is 1.90 bits per heavy atom. The van der Waals surface area contributed by atoms with E-state index in [0.717, 1.165) is 12.2 Å². The molecule has 0 aromatic heterocycles. The molecule has 1 aliphatic carbocycles. The maximum absolute atomic E-state index is 10.1. The molecule has 1 saturated carbocycles. The van der Waals surface area contributed by atoms with E-state index in [2.05, 4.69) is 46.0 Å². The molecular formula is C18H29NO2. The second kappa shape index (κ2) is 5.98. The summed E-state index contributed by atoms with van der Waals surface area (Å²) < 4.78 is 5.68. The van der Waals surface area contributed by atoms with Crippen molar-refractivity contribution >= 4 is 0 Å². The van der Waals surface area contributed by atoms with Gasteiger partial charge in [-0.3, -0.25) is 0 Å². The monoisotopic (exact) mass is 291 g/mol. The lowest BCUT2D eigenvalue weighted by molar-refractivity contribution is 0.105. The van der Waals surface area contributed by atoms with Gasteiger partial charge in [-0.05, 0) is 34.9 Å². The first kappa shape index (κ1) is 16.3. The Morgan fingerprint density at radius 3 is 2.48 bits per heavy atom. The van der Waals surface area contributed by atoms with Crippen LogP contribution in [0.4, 0.5) is 0 Å². The Labute approximate surface area is 128 Å². The highest BCUT2D eigenvalue weighted by atomic mass is 16.5. The van der Waals surface area contributed by atoms with Crippen LogP contribution in [0.25, 0.3) is 0 Å². The van der Waals surface area contributed by atoms with E-state index in [1.807, 2.05) is 18.2 Å². The number of nitrogens with one attached hydrogen (secondary N) is 1. The Kier molecular flexibility index (Phi) is 4.64. The molecule has 0 heterocycles. The van der Waals surface area contributed by atoms with Crippen molar-refractivity contribution in [3.63, 3.8) is 0 Å². The molecule has 0 saturated heterocycles. The molecule has 0 spiro atoms. The predicted octanol–water partition coefficient (Wildman–Crippen LogP) is 3.01. The van der Waals surface area contributed by atoms with Gasteiger partial charge in [-0.1, -0.05) is 46.8 Å². The number of aryl methyl sites for hydroxylation is 1. The van der Waals surface area contributed by atoms with E-state index in [0.29, 0.717) is 30.0 Å². The van der Waals surface area contributed by atoms with Crippen molar-refractivity contribution < 1.29 is 9.84 Å². The van der Waals surface area contributed by atoms with Gasteiger partial charge >= 0.3 is 0 Å². The van der Waals surface area contributed by atoms with E-state index in [-0.39, 0.29) is 0 Å². The molecule has 0 radical (unpaired) electrons. The van der Waals surface area contributed by atoms with Crippen LogP contribution in [0.2, 0.25) is 0 Å². The van der Waals surface area contributed by atoms with E-state index >= 15 is 0 Å². The van der Waals surface area contributed by atoms with Gasteiger partial charge < -0.3 is 15.2 Å². The minimum absolute atomic E-state index is 0.295. The van der Waals surface area contributed by atoms with Gasteiger partial charge in [-0.2, -0.15) is 0 Å². The van der Waals surface area contributed by atoms with Gasteiger partial charge in [-0.15, -0.1) is 0 Å². The van der Waals surface area contributed by atoms with Gasteiger partial charge in [-0.25, -0.2) is 0 Å². The van der Waals surface area contributed by atoms with E-state index in [1.54, 1.807) is 0 Å². The third-order valence-corrected chi connectivity index (χ3v) is 5.33. The summed E-state index contributed by atoms with van der Waals surface area (Å²) in [5, 5.41) is 13.5. The van der Waals surface area contributed by atoms with Gasteiger partial charge in [0.15, 0.2) is 0 Å². The third kappa shape index (κ3) is 3.41. The van der Waals surface area contributed by atoms with E-state index in [9.17, 15) is 5.11 Å². The third-order valence-electron chi connectivity index (χ3n) is 5.33. The number of aliphatic hydroxyl groups is 1. The second-order valence-electron chi connectivity index (χ2n) is 7.25. The highest BCUT2D eigenvalue weighted by Gasteiger charge is 2.64. The Morgan fingerprint density at radius 1 is 1.24 bits per heavy atom. The fraction of sp³-hybridized carbons (Fsp3) is 0.667. The van der Waals surface area contributed by atoms with Crippen molar-refractivity contribution in [2.24, 2.45) is 10.8 Å². The van der Waals surface area contributed by atoms with E-state index in [1.165, 1.54) is 5.56 Å². The lowest BCUT2D eigenvalue weighted by Gasteiger charge is -2.14. The zero-order chi connectivity index (χ0) is 15.7. The Hall–Kier alpha value is -1.06. The summed E-state index contributed by atoms with van der Waals surface area (Å²) in [6.45, 7) is 12.1. The summed E-state index contributed by atoms with van der Waals surface area (Å²) in [5.74, 6) is 0.834. The van der Waals surface area contributed by atoms with Crippen molar-refractivity contribution in [3.8, 4) is 5.75 Å². The SMILES string of the molecule is CCc1cccc(OCC(O)CNC2C(C)(C)C2(C)C)c1. The number of rotatable bonds is 7. The van der Waals surface area contributed by atoms with Crippen LogP contribution in [-0.2, 0) is 6.42 Å². The number of benzene rings is 1. The van der Waals surface area contributed by atoms with Crippen molar-refractivity contribution in [2.45, 2.75) is 53.2 Å². The number of ether oxygens (including phenoxy) is 1. The zero-order valence-corrected chi connectivity index (χ0v) is 13.9. The lowest BCUT2D eigenvalue weighted by Crippen LogP contribution is -2.34. The quantitative estimate of drug-likeness (QED) is 0.811. The molecule has 2 rings (SSSR count). The fourth-order valence-corrected chi connectivity index (χ4v) is 3.07. The number of hydrogen-bond acceptors (Lipinski definition) is 3. The Balaban J connectivity index is 1.74. The van der Waals surface area contributed by atoms with Gasteiger partial charge in [0.25, 0.3) is 0 Å². The van der Waals surface area contributed by atoms with Gasteiger partial charge in [0, 0.05) is 12.6 Å². The molecule has 0 bridgehead atoms. The smallest absolute Gasteiger partial charge is 0.119 e. The fourth-order valence-electron chi connectivity index (χ4n) is 3.07. The number of hydrogen-bond donors (Lipinski definition) is 2. The maximum atomic E-state index is 10.1. The molecule has 1 unspecified atom stereocenters. The van der Waals surface area contributed by atoms with Crippen LogP contribution in [0.1, 0.15) is 40.2 Å². The minimum Gasteiger partial charge on any atom is -0.491 e. The maximum Gasteiger partial charge on any atom is 0.119 e. The normalized spacial score (nSPS) is 21.0. The van der Waals surface area contributed by atoms with Crippen molar-refractivity contribution in [1.29, 1.82) is 0 Å². The van der Waals surface area contributed by atoms with Crippen LogP contribution in [0.15, 0.2) is 24.3 Å². The Bertz CT molecular complexity index is 468. The van der Waals surface area contributed by atoms with Crippen LogP contribution in [0, 0.1) is 10.8 Å². The topological polar surface area (TPSA) is 41.5 Å². The van der Waals surface area contributed by atoms with Crippen LogP contribution in [0.3, 0.4) is 0 Å². The first-order valence-corrected chi connectivity index (χ1v) is 7.92. The summed E-state index contributed by atoms with van der Waals surface area (Å²) in [7, 11) is 0.